The Labute approximate surface area is 192 Å². The lowest BCUT2D eigenvalue weighted by molar-refractivity contribution is -0.141. The zero-order valence-electron chi connectivity index (χ0n) is 20.1. The summed E-state index contributed by atoms with van der Waals surface area (Å²) in [5.41, 5.74) is 3.23. The molecule has 0 unspecified atom stereocenters. The second-order valence-corrected chi connectivity index (χ2v) is 9.31. The highest BCUT2D eigenvalue weighted by molar-refractivity contribution is 5.87. The largest absolute Gasteiger partial charge is 0.354 e. The molecule has 0 fully saturated rings. The monoisotopic (exact) mass is 440 g/mol. The fourth-order valence-electron chi connectivity index (χ4n) is 3.64. The SMILES string of the molecule is CCCNC(=O)[C@@H](CC)N(Cc1ccc(F)cc1)C(=O)CCc1ccc(C(C)(C)C)cc1. The molecule has 0 aromatic heterocycles. The number of amides is 2. The van der Waals surface area contributed by atoms with Gasteiger partial charge in [0.15, 0.2) is 0 Å². The number of carbonyl (C=O) groups is 2. The van der Waals surface area contributed by atoms with E-state index in [9.17, 15) is 14.0 Å². The van der Waals surface area contributed by atoms with E-state index in [1.807, 2.05) is 13.8 Å². The molecule has 174 valence electrons. The van der Waals surface area contributed by atoms with Crippen molar-refractivity contribution in [3.05, 3.63) is 71.0 Å². The number of nitrogens with zero attached hydrogens (tertiary/aromatic N) is 1. The van der Waals surface area contributed by atoms with Gasteiger partial charge in [0, 0.05) is 19.5 Å². The van der Waals surface area contributed by atoms with Crippen molar-refractivity contribution in [2.45, 2.75) is 78.3 Å². The minimum absolute atomic E-state index is 0.0762. The molecule has 2 aromatic rings. The molecule has 0 aliphatic rings. The average Bonchev–Trinajstić information content (AvgIpc) is 2.76. The number of aryl methyl sites for hydroxylation is 1. The maximum atomic E-state index is 13.3. The second kappa shape index (κ2) is 11.8. The van der Waals surface area contributed by atoms with Gasteiger partial charge in [0.1, 0.15) is 11.9 Å². The number of halogens is 1. The second-order valence-electron chi connectivity index (χ2n) is 9.31. The van der Waals surface area contributed by atoms with E-state index in [4.69, 9.17) is 0 Å². The third kappa shape index (κ3) is 7.47. The van der Waals surface area contributed by atoms with Crippen molar-refractivity contribution in [1.82, 2.24) is 10.2 Å². The van der Waals surface area contributed by atoms with Gasteiger partial charge in [0.05, 0.1) is 0 Å². The van der Waals surface area contributed by atoms with Crippen LogP contribution in [0, 0.1) is 5.82 Å². The maximum absolute atomic E-state index is 13.3. The predicted molar refractivity (Wildman–Crippen MR) is 128 cm³/mol. The van der Waals surface area contributed by atoms with Gasteiger partial charge in [-0.05, 0) is 53.5 Å². The first-order valence-electron chi connectivity index (χ1n) is 11.6. The first-order valence-corrected chi connectivity index (χ1v) is 11.6. The third-order valence-corrected chi connectivity index (χ3v) is 5.65. The first kappa shape index (κ1) is 25.6. The Morgan fingerprint density at radius 3 is 2.09 bits per heavy atom. The topological polar surface area (TPSA) is 49.4 Å². The van der Waals surface area contributed by atoms with E-state index < -0.39 is 6.04 Å². The highest BCUT2D eigenvalue weighted by atomic mass is 19.1. The van der Waals surface area contributed by atoms with Crippen LogP contribution in [-0.4, -0.2) is 29.3 Å². The van der Waals surface area contributed by atoms with Crippen LogP contribution in [0.2, 0.25) is 0 Å². The molecule has 1 N–H and O–H groups in total. The van der Waals surface area contributed by atoms with Crippen LogP contribution in [0.3, 0.4) is 0 Å². The summed E-state index contributed by atoms with van der Waals surface area (Å²) in [7, 11) is 0. The lowest BCUT2D eigenvalue weighted by atomic mass is 9.86. The number of benzene rings is 2. The molecule has 2 amide bonds. The molecule has 0 spiro atoms. The van der Waals surface area contributed by atoms with Gasteiger partial charge in [-0.3, -0.25) is 9.59 Å². The summed E-state index contributed by atoms with van der Waals surface area (Å²) in [5, 5.41) is 2.91. The number of hydrogen-bond donors (Lipinski definition) is 1. The van der Waals surface area contributed by atoms with Crippen LogP contribution in [0.1, 0.15) is 70.6 Å². The average molecular weight is 441 g/mol. The summed E-state index contributed by atoms with van der Waals surface area (Å²) in [4.78, 5) is 27.7. The Morgan fingerprint density at radius 1 is 0.969 bits per heavy atom. The molecule has 0 aliphatic heterocycles. The van der Waals surface area contributed by atoms with Crippen molar-refractivity contribution in [2.24, 2.45) is 0 Å². The molecule has 0 radical (unpaired) electrons. The van der Waals surface area contributed by atoms with Gasteiger partial charge in [-0.15, -0.1) is 0 Å². The van der Waals surface area contributed by atoms with Gasteiger partial charge in [-0.2, -0.15) is 0 Å². The molecule has 0 bridgehead atoms. The number of rotatable bonds is 10. The van der Waals surface area contributed by atoms with Crippen LogP contribution in [-0.2, 0) is 28.0 Å². The van der Waals surface area contributed by atoms with E-state index in [1.165, 1.54) is 17.7 Å². The van der Waals surface area contributed by atoms with Crippen LogP contribution in [0.4, 0.5) is 4.39 Å². The van der Waals surface area contributed by atoms with Crippen LogP contribution in [0.15, 0.2) is 48.5 Å². The fraction of sp³-hybridized carbons (Fsp3) is 0.481. The smallest absolute Gasteiger partial charge is 0.242 e. The van der Waals surface area contributed by atoms with Crippen LogP contribution in [0.25, 0.3) is 0 Å². The summed E-state index contributed by atoms with van der Waals surface area (Å²) in [6.45, 7) is 11.3. The van der Waals surface area contributed by atoms with Crippen molar-refractivity contribution >= 4 is 11.8 Å². The van der Waals surface area contributed by atoms with Gasteiger partial charge in [-0.1, -0.05) is 71.0 Å². The van der Waals surface area contributed by atoms with Crippen molar-refractivity contribution in [1.29, 1.82) is 0 Å². The normalized spacial score (nSPS) is 12.3. The Morgan fingerprint density at radius 2 is 1.56 bits per heavy atom. The van der Waals surface area contributed by atoms with Crippen LogP contribution < -0.4 is 5.32 Å². The number of carbonyl (C=O) groups excluding carboxylic acids is 2. The highest BCUT2D eigenvalue weighted by Crippen LogP contribution is 2.23. The van der Waals surface area contributed by atoms with Crippen molar-refractivity contribution in [3.8, 4) is 0 Å². The third-order valence-electron chi connectivity index (χ3n) is 5.65. The summed E-state index contributed by atoms with van der Waals surface area (Å²) in [6.07, 6.45) is 2.27. The van der Waals surface area contributed by atoms with E-state index in [-0.39, 0.29) is 29.6 Å². The minimum atomic E-state index is -0.553. The number of hydrogen-bond acceptors (Lipinski definition) is 2. The summed E-state index contributed by atoms with van der Waals surface area (Å²) >= 11 is 0. The number of nitrogens with one attached hydrogen (secondary N) is 1. The molecule has 0 aliphatic carbocycles. The Hall–Kier alpha value is -2.69. The Balaban J connectivity index is 2.16. The first-order chi connectivity index (χ1) is 15.2. The van der Waals surface area contributed by atoms with Crippen LogP contribution >= 0.6 is 0 Å². The van der Waals surface area contributed by atoms with Gasteiger partial charge in [0.25, 0.3) is 0 Å². The molecular formula is C27H37FN2O2. The van der Waals surface area contributed by atoms with Gasteiger partial charge in [-0.25, -0.2) is 4.39 Å². The van der Waals surface area contributed by atoms with Gasteiger partial charge >= 0.3 is 0 Å². The molecular weight excluding hydrogens is 403 g/mol. The summed E-state index contributed by atoms with van der Waals surface area (Å²) < 4.78 is 13.3. The van der Waals surface area contributed by atoms with Crippen LogP contribution in [0.5, 0.6) is 0 Å². The maximum Gasteiger partial charge on any atom is 0.242 e. The molecule has 32 heavy (non-hydrogen) atoms. The van der Waals surface area contributed by atoms with Crippen molar-refractivity contribution in [2.75, 3.05) is 6.54 Å². The molecule has 2 aromatic carbocycles. The summed E-state index contributed by atoms with van der Waals surface area (Å²) in [6, 6.07) is 13.9. The lowest BCUT2D eigenvalue weighted by Crippen LogP contribution is -2.49. The summed E-state index contributed by atoms with van der Waals surface area (Å²) in [5.74, 6) is -0.537. The molecule has 0 heterocycles. The molecule has 0 saturated carbocycles. The standard InChI is InChI=1S/C27H37FN2O2/c1-6-18-29-26(32)24(7-2)30(19-21-10-15-23(28)16-11-21)25(31)17-12-20-8-13-22(14-9-20)27(3,4)5/h8-11,13-16,24H,6-7,12,17-19H2,1-5H3,(H,29,32)/t24-/m1/s1. The van der Waals surface area contributed by atoms with Crippen molar-refractivity contribution < 1.29 is 14.0 Å². The molecule has 4 nitrogen and oxygen atoms in total. The quantitative estimate of drug-likeness (QED) is 0.539. The highest BCUT2D eigenvalue weighted by Gasteiger charge is 2.28. The zero-order valence-corrected chi connectivity index (χ0v) is 20.1. The Bertz CT molecular complexity index is 870. The molecule has 2 rings (SSSR count). The molecule has 5 heteroatoms. The van der Waals surface area contributed by atoms with Crippen molar-refractivity contribution in [3.63, 3.8) is 0 Å². The van der Waals surface area contributed by atoms with Gasteiger partial charge in [0.2, 0.25) is 11.8 Å². The fourth-order valence-corrected chi connectivity index (χ4v) is 3.64. The van der Waals surface area contributed by atoms with E-state index in [0.29, 0.717) is 25.8 Å². The van der Waals surface area contributed by atoms with E-state index in [0.717, 1.165) is 17.5 Å². The lowest BCUT2D eigenvalue weighted by Gasteiger charge is -2.31. The molecule has 0 saturated heterocycles. The minimum Gasteiger partial charge on any atom is -0.354 e. The predicted octanol–water partition coefficient (Wildman–Crippen LogP) is 5.39. The van der Waals surface area contributed by atoms with E-state index in [1.54, 1.807) is 17.0 Å². The van der Waals surface area contributed by atoms with Gasteiger partial charge < -0.3 is 10.2 Å². The van der Waals surface area contributed by atoms with E-state index in [2.05, 4.69) is 50.4 Å². The Kier molecular flexibility index (Phi) is 9.42. The van der Waals surface area contributed by atoms with E-state index >= 15 is 0 Å². The molecule has 1 atom stereocenters. The zero-order chi connectivity index (χ0) is 23.7.